The Balaban J connectivity index is 1.56. The molecule has 0 heterocycles. The van der Waals surface area contributed by atoms with Crippen molar-refractivity contribution in [3.05, 3.63) is 12.2 Å². The Hall–Kier alpha value is -0.340. The van der Waals surface area contributed by atoms with E-state index in [-0.39, 0.29) is 0 Å². The molecule has 8 atom stereocenters. The molecule has 25 heavy (non-hydrogen) atoms. The van der Waals surface area contributed by atoms with Crippen LogP contribution in [0.25, 0.3) is 0 Å². The van der Waals surface area contributed by atoms with E-state index >= 15 is 0 Å². The van der Waals surface area contributed by atoms with E-state index in [0.29, 0.717) is 16.7 Å². The molecule has 3 saturated carbocycles. The monoisotopic (exact) mass is 346 g/mol. The van der Waals surface area contributed by atoms with Gasteiger partial charge in [0.25, 0.3) is 0 Å². The number of hydrogen-bond acceptors (Lipinski definition) is 2. The highest BCUT2D eigenvalue weighted by molar-refractivity contribution is 5.16. The Kier molecular flexibility index (Phi) is 4.82. The SMILES string of the molecule is COCC1C=C[C@@]2(C)C(CC[C@@H]3[C@H]2CC[C@]2(C)C(COC)CC[C@@H]32)C1. The normalized spacial score (nSPS) is 51.7. The number of rotatable bonds is 4. The maximum Gasteiger partial charge on any atom is 0.0525 e. The molecule has 0 radical (unpaired) electrons. The van der Waals surface area contributed by atoms with Crippen molar-refractivity contribution in [2.45, 2.75) is 58.8 Å². The molecule has 0 aromatic rings. The van der Waals surface area contributed by atoms with Gasteiger partial charge in [-0.25, -0.2) is 0 Å². The standard InChI is InChI=1S/C23H38O2/c1-22-11-9-16(14-24-3)13-17(22)5-7-19-20-8-6-18(15-25-4)23(20,2)12-10-21(19)22/h9,11,16-21H,5-8,10,12-15H2,1-4H3/t16?,17?,18?,19-,20-,21+,22-,23+/m0/s1. The van der Waals surface area contributed by atoms with Crippen LogP contribution in [-0.2, 0) is 9.47 Å². The van der Waals surface area contributed by atoms with Crippen LogP contribution in [0.1, 0.15) is 58.8 Å². The van der Waals surface area contributed by atoms with Crippen LogP contribution in [-0.4, -0.2) is 27.4 Å². The second-order valence-electron chi connectivity index (χ2n) is 10.1. The number of fused-ring (bicyclic) bond motifs is 5. The second kappa shape index (κ2) is 6.68. The number of hydrogen-bond donors (Lipinski definition) is 0. The maximum absolute atomic E-state index is 5.59. The van der Waals surface area contributed by atoms with E-state index in [4.69, 9.17) is 9.47 Å². The molecule has 4 aliphatic carbocycles. The van der Waals surface area contributed by atoms with Crippen molar-refractivity contribution in [1.82, 2.24) is 0 Å². The van der Waals surface area contributed by atoms with Crippen molar-refractivity contribution in [2.75, 3.05) is 27.4 Å². The zero-order valence-electron chi connectivity index (χ0n) is 16.8. The van der Waals surface area contributed by atoms with Crippen molar-refractivity contribution in [3.63, 3.8) is 0 Å². The van der Waals surface area contributed by atoms with Crippen molar-refractivity contribution in [1.29, 1.82) is 0 Å². The fraction of sp³-hybridized carbons (Fsp3) is 0.913. The van der Waals surface area contributed by atoms with Gasteiger partial charge in [-0.3, -0.25) is 0 Å². The van der Waals surface area contributed by atoms with Crippen molar-refractivity contribution in [3.8, 4) is 0 Å². The Morgan fingerprint density at radius 1 is 0.920 bits per heavy atom. The lowest BCUT2D eigenvalue weighted by atomic mass is 9.45. The zero-order chi connectivity index (χ0) is 17.7. The highest BCUT2D eigenvalue weighted by Gasteiger charge is 2.59. The molecular weight excluding hydrogens is 308 g/mol. The van der Waals surface area contributed by atoms with Gasteiger partial charge in [0.05, 0.1) is 6.61 Å². The third kappa shape index (κ3) is 2.74. The average molecular weight is 347 g/mol. The first-order valence-electron chi connectivity index (χ1n) is 10.7. The molecule has 4 rings (SSSR count). The summed E-state index contributed by atoms with van der Waals surface area (Å²) in [6.45, 7) is 7.07. The highest BCUT2D eigenvalue weighted by Crippen LogP contribution is 2.66. The van der Waals surface area contributed by atoms with Crippen LogP contribution in [0.15, 0.2) is 12.2 Å². The van der Waals surface area contributed by atoms with E-state index in [0.717, 1.165) is 42.8 Å². The van der Waals surface area contributed by atoms with E-state index in [2.05, 4.69) is 26.0 Å². The fourth-order valence-corrected chi connectivity index (χ4v) is 7.81. The molecule has 0 N–H and O–H groups in total. The minimum atomic E-state index is 0.438. The summed E-state index contributed by atoms with van der Waals surface area (Å²) >= 11 is 0. The van der Waals surface area contributed by atoms with Crippen LogP contribution in [0, 0.1) is 46.3 Å². The minimum absolute atomic E-state index is 0.438. The average Bonchev–Trinajstić information content (AvgIpc) is 2.93. The molecule has 3 unspecified atom stereocenters. The van der Waals surface area contributed by atoms with Crippen molar-refractivity contribution < 1.29 is 9.47 Å². The molecule has 2 heteroatoms. The number of ether oxygens (including phenoxy) is 2. The van der Waals surface area contributed by atoms with Gasteiger partial charge in [0, 0.05) is 26.7 Å². The van der Waals surface area contributed by atoms with Gasteiger partial charge in [0.15, 0.2) is 0 Å². The molecule has 0 spiro atoms. The summed E-state index contributed by atoms with van der Waals surface area (Å²) in [4.78, 5) is 0. The van der Waals surface area contributed by atoms with Gasteiger partial charge in [-0.1, -0.05) is 26.0 Å². The van der Waals surface area contributed by atoms with Crippen LogP contribution in [0.4, 0.5) is 0 Å². The largest absolute Gasteiger partial charge is 0.384 e. The van der Waals surface area contributed by atoms with Gasteiger partial charge in [0.1, 0.15) is 0 Å². The molecule has 0 aliphatic heterocycles. The minimum Gasteiger partial charge on any atom is -0.384 e. The highest BCUT2D eigenvalue weighted by atomic mass is 16.5. The third-order valence-corrected chi connectivity index (χ3v) is 9.22. The van der Waals surface area contributed by atoms with Crippen LogP contribution in [0.5, 0.6) is 0 Å². The Labute approximate surface area is 154 Å². The predicted octanol–water partition coefficient (Wildman–Crippen LogP) is 5.33. The molecule has 0 aromatic heterocycles. The smallest absolute Gasteiger partial charge is 0.0525 e. The van der Waals surface area contributed by atoms with Gasteiger partial charge in [-0.2, -0.15) is 0 Å². The fourth-order valence-electron chi connectivity index (χ4n) is 7.81. The first kappa shape index (κ1) is 18.0. The van der Waals surface area contributed by atoms with E-state index in [9.17, 15) is 0 Å². The molecule has 0 aromatic carbocycles. The summed E-state index contributed by atoms with van der Waals surface area (Å²) in [7, 11) is 3.73. The molecule has 3 fully saturated rings. The van der Waals surface area contributed by atoms with Gasteiger partial charge in [0.2, 0.25) is 0 Å². The molecule has 142 valence electrons. The van der Waals surface area contributed by atoms with Crippen LogP contribution >= 0.6 is 0 Å². The summed E-state index contributed by atoms with van der Waals surface area (Å²) in [5, 5.41) is 0. The summed E-state index contributed by atoms with van der Waals surface area (Å²) in [6.07, 6.45) is 15.1. The molecular formula is C23H38O2. The summed E-state index contributed by atoms with van der Waals surface area (Å²) in [6, 6.07) is 0. The van der Waals surface area contributed by atoms with Crippen molar-refractivity contribution >= 4 is 0 Å². The topological polar surface area (TPSA) is 18.5 Å². The Morgan fingerprint density at radius 3 is 2.48 bits per heavy atom. The number of allylic oxidation sites excluding steroid dienone is 1. The first-order valence-corrected chi connectivity index (χ1v) is 10.7. The van der Waals surface area contributed by atoms with E-state index in [1.54, 1.807) is 0 Å². The summed E-state index contributed by atoms with van der Waals surface area (Å²) in [5.74, 6) is 5.11. The van der Waals surface area contributed by atoms with Crippen molar-refractivity contribution in [2.24, 2.45) is 46.3 Å². The predicted molar refractivity (Wildman–Crippen MR) is 102 cm³/mol. The molecule has 4 aliphatic rings. The molecule has 2 nitrogen and oxygen atoms in total. The van der Waals surface area contributed by atoms with Crippen LogP contribution in [0.2, 0.25) is 0 Å². The van der Waals surface area contributed by atoms with Crippen LogP contribution in [0.3, 0.4) is 0 Å². The third-order valence-electron chi connectivity index (χ3n) is 9.22. The van der Waals surface area contributed by atoms with Gasteiger partial charge >= 0.3 is 0 Å². The van der Waals surface area contributed by atoms with Gasteiger partial charge < -0.3 is 9.47 Å². The lowest BCUT2D eigenvalue weighted by Gasteiger charge is -2.59. The molecule has 0 saturated heterocycles. The van der Waals surface area contributed by atoms with E-state index in [1.165, 1.54) is 44.9 Å². The summed E-state index contributed by atoms with van der Waals surface area (Å²) in [5.41, 5.74) is 0.977. The number of methoxy groups -OCH3 is 2. The Bertz CT molecular complexity index is 514. The second-order valence-corrected chi connectivity index (χ2v) is 10.1. The van der Waals surface area contributed by atoms with Gasteiger partial charge in [-0.15, -0.1) is 0 Å². The zero-order valence-corrected chi connectivity index (χ0v) is 16.8. The lowest BCUT2D eigenvalue weighted by Crippen LogP contribution is -2.52. The van der Waals surface area contributed by atoms with E-state index in [1.807, 2.05) is 14.2 Å². The lowest BCUT2D eigenvalue weighted by molar-refractivity contribution is -0.0892. The quantitative estimate of drug-likeness (QED) is 0.641. The maximum atomic E-state index is 5.59. The molecule has 0 amide bonds. The molecule has 0 bridgehead atoms. The Morgan fingerprint density at radius 2 is 1.72 bits per heavy atom. The van der Waals surface area contributed by atoms with E-state index < -0.39 is 0 Å². The first-order chi connectivity index (χ1) is 12.0. The van der Waals surface area contributed by atoms with Crippen LogP contribution < -0.4 is 0 Å². The van der Waals surface area contributed by atoms with Gasteiger partial charge in [-0.05, 0) is 85.4 Å². The summed E-state index contributed by atoms with van der Waals surface area (Å²) < 4.78 is 11.0.